The van der Waals surface area contributed by atoms with E-state index < -0.39 is 46.8 Å². The van der Waals surface area contributed by atoms with Crippen molar-refractivity contribution in [2.75, 3.05) is 0 Å². The molecule has 1 amide bonds. The van der Waals surface area contributed by atoms with Gasteiger partial charge in [0.25, 0.3) is 6.43 Å². The standard InChI is InChI=1S/C9H6ClF5N2O/c10-1-4-6(7(11)12)5(8(16)18)3(2-17-4)9(13,14)15/h2,7H,1H2,(H2,16,18). The first-order valence-electron chi connectivity index (χ1n) is 4.43. The van der Waals surface area contributed by atoms with Crippen molar-refractivity contribution < 1.29 is 26.7 Å². The number of carbonyl (C=O) groups is 1. The molecule has 0 aliphatic rings. The fourth-order valence-electron chi connectivity index (χ4n) is 1.39. The third kappa shape index (κ3) is 2.69. The molecule has 0 spiro atoms. The van der Waals surface area contributed by atoms with Crippen molar-refractivity contribution >= 4 is 17.5 Å². The zero-order valence-corrected chi connectivity index (χ0v) is 9.32. The summed E-state index contributed by atoms with van der Waals surface area (Å²) in [5.41, 5.74) is 0.164. The lowest BCUT2D eigenvalue weighted by Crippen LogP contribution is -2.23. The number of amides is 1. The molecule has 0 unspecified atom stereocenters. The van der Waals surface area contributed by atoms with E-state index in [4.69, 9.17) is 17.3 Å². The van der Waals surface area contributed by atoms with E-state index in [-0.39, 0.29) is 6.20 Å². The van der Waals surface area contributed by atoms with Crippen LogP contribution in [0.1, 0.15) is 33.6 Å². The second-order valence-corrected chi connectivity index (χ2v) is 3.47. The number of primary amides is 1. The van der Waals surface area contributed by atoms with E-state index in [1.807, 2.05) is 0 Å². The first kappa shape index (κ1) is 14.6. The topological polar surface area (TPSA) is 56.0 Å². The molecule has 9 heteroatoms. The summed E-state index contributed by atoms with van der Waals surface area (Å²) < 4.78 is 63.1. The first-order chi connectivity index (χ1) is 8.20. The molecule has 0 saturated carbocycles. The van der Waals surface area contributed by atoms with Crippen LogP contribution in [0.5, 0.6) is 0 Å². The van der Waals surface area contributed by atoms with E-state index in [1.54, 1.807) is 0 Å². The molecule has 3 nitrogen and oxygen atoms in total. The van der Waals surface area contributed by atoms with Gasteiger partial charge in [-0.1, -0.05) is 0 Å². The van der Waals surface area contributed by atoms with E-state index in [0.717, 1.165) is 0 Å². The lowest BCUT2D eigenvalue weighted by Gasteiger charge is -2.16. The number of halogens is 6. The average molecular weight is 289 g/mol. The van der Waals surface area contributed by atoms with Gasteiger partial charge in [-0.3, -0.25) is 9.78 Å². The zero-order valence-electron chi connectivity index (χ0n) is 8.56. The largest absolute Gasteiger partial charge is 0.418 e. The predicted molar refractivity (Wildman–Crippen MR) is 52.3 cm³/mol. The Balaban J connectivity index is 3.68. The molecule has 1 heterocycles. The Hall–Kier alpha value is -1.44. The van der Waals surface area contributed by atoms with Crippen LogP contribution >= 0.6 is 11.6 Å². The summed E-state index contributed by atoms with van der Waals surface area (Å²) in [6.45, 7) is 0. The van der Waals surface area contributed by atoms with Crippen LogP contribution in [0.4, 0.5) is 22.0 Å². The molecular formula is C9H6ClF5N2O. The normalized spacial score (nSPS) is 11.9. The molecule has 1 aromatic rings. The van der Waals surface area contributed by atoms with E-state index in [1.165, 1.54) is 0 Å². The highest BCUT2D eigenvalue weighted by Crippen LogP contribution is 2.37. The van der Waals surface area contributed by atoms with Crippen LogP contribution in [0, 0.1) is 0 Å². The molecule has 2 N–H and O–H groups in total. The SMILES string of the molecule is NC(=O)c1c(C(F)(F)F)cnc(CCl)c1C(F)F. The number of carbonyl (C=O) groups excluding carboxylic acids is 1. The minimum atomic E-state index is -5.01. The minimum absolute atomic E-state index is 0.268. The van der Waals surface area contributed by atoms with E-state index >= 15 is 0 Å². The van der Waals surface area contributed by atoms with Crippen molar-refractivity contribution in [3.8, 4) is 0 Å². The highest BCUT2D eigenvalue weighted by molar-refractivity contribution is 6.17. The summed E-state index contributed by atoms with van der Waals surface area (Å²) in [5, 5.41) is 0. The summed E-state index contributed by atoms with van der Waals surface area (Å²) in [4.78, 5) is 14.2. The van der Waals surface area contributed by atoms with Gasteiger partial charge in [0, 0.05) is 6.20 Å². The Labute approximate surface area is 103 Å². The van der Waals surface area contributed by atoms with Crippen LogP contribution in [0.2, 0.25) is 0 Å². The molecule has 0 radical (unpaired) electrons. The number of rotatable bonds is 3. The Morgan fingerprint density at radius 3 is 2.33 bits per heavy atom. The number of hydrogen-bond acceptors (Lipinski definition) is 2. The quantitative estimate of drug-likeness (QED) is 0.687. The molecule has 1 aromatic heterocycles. The fourth-order valence-corrected chi connectivity index (χ4v) is 1.60. The lowest BCUT2D eigenvalue weighted by molar-refractivity contribution is -0.138. The average Bonchev–Trinajstić information content (AvgIpc) is 2.25. The second-order valence-electron chi connectivity index (χ2n) is 3.20. The van der Waals surface area contributed by atoms with Crippen molar-refractivity contribution in [2.24, 2.45) is 5.73 Å². The van der Waals surface area contributed by atoms with Gasteiger partial charge in [-0.25, -0.2) is 8.78 Å². The number of nitrogens with zero attached hydrogens (tertiary/aromatic N) is 1. The molecule has 0 aliphatic carbocycles. The molecule has 100 valence electrons. The van der Waals surface area contributed by atoms with E-state index in [0.29, 0.717) is 0 Å². The smallest absolute Gasteiger partial charge is 0.366 e. The van der Waals surface area contributed by atoms with Crippen molar-refractivity contribution in [2.45, 2.75) is 18.5 Å². The van der Waals surface area contributed by atoms with Gasteiger partial charge >= 0.3 is 6.18 Å². The van der Waals surface area contributed by atoms with Crippen LogP contribution in [0.3, 0.4) is 0 Å². The van der Waals surface area contributed by atoms with Crippen molar-refractivity contribution in [3.05, 3.63) is 28.6 Å². The fraction of sp³-hybridized carbons (Fsp3) is 0.333. The molecule has 1 rings (SSSR count). The Bertz CT molecular complexity index is 475. The highest BCUT2D eigenvalue weighted by atomic mass is 35.5. The van der Waals surface area contributed by atoms with Gasteiger partial charge in [0.15, 0.2) is 0 Å². The second kappa shape index (κ2) is 5.05. The molecule has 0 bridgehead atoms. The summed E-state index contributed by atoms with van der Waals surface area (Å²) in [6, 6.07) is 0. The Morgan fingerprint density at radius 1 is 1.44 bits per heavy atom. The molecule has 18 heavy (non-hydrogen) atoms. The summed E-state index contributed by atoms with van der Waals surface area (Å²) in [6.07, 6.45) is -8.08. The van der Waals surface area contributed by atoms with Crippen molar-refractivity contribution in [3.63, 3.8) is 0 Å². The molecule has 0 saturated heterocycles. The number of hydrogen-bond donors (Lipinski definition) is 1. The maximum Gasteiger partial charge on any atom is 0.418 e. The highest BCUT2D eigenvalue weighted by Gasteiger charge is 2.39. The molecule has 0 fully saturated rings. The van der Waals surface area contributed by atoms with Crippen molar-refractivity contribution in [1.29, 1.82) is 0 Å². The van der Waals surface area contributed by atoms with Gasteiger partial charge in [-0.2, -0.15) is 13.2 Å². The van der Waals surface area contributed by atoms with Gasteiger partial charge in [-0.05, 0) is 0 Å². The summed E-state index contributed by atoms with van der Waals surface area (Å²) in [7, 11) is 0. The number of nitrogens with two attached hydrogens (primary N) is 1. The maximum atomic E-state index is 12.7. The van der Waals surface area contributed by atoms with Gasteiger partial charge in [0.2, 0.25) is 5.91 Å². The van der Waals surface area contributed by atoms with E-state index in [2.05, 4.69) is 4.98 Å². The first-order valence-corrected chi connectivity index (χ1v) is 4.96. The third-order valence-electron chi connectivity index (χ3n) is 2.10. The van der Waals surface area contributed by atoms with E-state index in [9.17, 15) is 26.7 Å². The summed E-state index contributed by atoms with van der Waals surface area (Å²) >= 11 is 5.29. The Kier molecular flexibility index (Phi) is 4.10. The Morgan fingerprint density at radius 2 is 2.00 bits per heavy atom. The predicted octanol–water partition coefficient (Wildman–Crippen LogP) is 2.88. The maximum absolute atomic E-state index is 12.7. The van der Waals surface area contributed by atoms with Crippen LogP contribution in [-0.2, 0) is 12.1 Å². The number of alkyl halides is 6. The van der Waals surface area contributed by atoms with Gasteiger partial charge in [-0.15, -0.1) is 11.6 Å². The van der Waals surface area contributed by atoms with Crippen LogP contribution in [0.25, 0.3) is 0 Å². The molecule has 0 atom stereocenters. The number of pyridine rings is 1. The van der Waals surface area contributed by atoms with Crippen LogP contribution < -0.4 is 5.73 Å². The molecular weight excluding hydrogens is 283 g/mol. The zero-order chi connectivity index (χ0) is 14.1. The van der Waals surface area contributed by atoms with Crippen LogP contribution in [-0.4, -0.2) is 10.9 Å². The van der Waals surface area contributed by atoms with Gasteiger partial charge < -0.3 is 5.73 Å². The minimum Gasteiger partial charge on any atom is -0.366 e. The van der Waals surface area contributed by atoms with Crippen molar-refractivity contribution in [1.82, 2.24) is 4.98 Å². The molecule has 0 aliphatic heterocycles. The molecule has 0 aromatic carbocycles. The third-order valence-corrected chi connectivity index (χ3v) is 2.35. The van der Waals surface area contributed by atoms with Gasteiger partial charge in [0.05, 0.1) is 28.3 Å². The van der Waals surface area contributed by atoms with Crippen LogP contribution in [0.15, 0.2) is 6.20 Å². The number of aromatic nitrogens is 1. The lowest BCUT2D eigenvalue weighted by atomic mass is 10.0. The monoisotopic (exact) mass is 288 g/mol. The summed E-state index contributed by atoms with van der Waals surface area (Å²) in [5.74, 6) is -2.16. The van der Waals surface area contributed by atoms with Gasteiger partial charge in [0.1, 0.15) is 0 Å².